The highest BCUT2D eigenvalue weighted by Crippen LogP contribution is 2.31. The predicted octanol–water partition coefficient (Wildman–Crippen LogP) is 4.22. The second kappa shape index (κ2) is 5.96. The largest absolute Gasteiger partial charge is 0.384 e. The van der Waals surface area contributed by atoms with Gasteiger partial charge >= 0.3 is 0 Å². The number of rotatable bonds is 2. The molecule has 1 amide bonds. The molecule has 1 unspecified atom stereocenters. The fourth-order valence-electron chi connectivity index (χ4n) is 2.46. The summed E-state index contributed by atoms with van der Waals surface area (Å²) in [6.07, 6.45) is 0.715. The van der Waals surface area contributed by atoms with Crippen LogP contribution >= 0.6 is 23.2 Å². The van der Waals surface area contributed by atoms with Crippen molar-refractivity contribution < 1.29 is 4.79 Å². The van der Waals surface area contributed by atoms with E-state index in [-0.39, 0.29) is 11.8 Å². The molecular formula is C16H14Cl2N2O. The minimum atomic E-state index is -0.130. The van der Waals surface area contributed by atoms with Crippen LogP contribution in [0.1, 0.15) is 5.56 Å². The van der Waals surface area contributed by atoms with Gasteiger partial charge < -0.3 is 10.6 Å². The monoisotopic (exact) mass is 320 g/mol. The molecule has 0 radical (unpaired) electrons. The lowest BCUT2D eigenvalue weighted by Crippen LogP contribution is -2.33. The summed E-state index contributed by atoms with van der Waals surface area (Å²) in [7, 11) is 0. The lowest BCUT2D eigenvalue weighted by molar-refractivity contribution is -0.119. The number of hydrogen-bond donors (Lipinski definition) is 2. The summed E-state index contributed by atoms with van der Waals surface area (Å²) in [5.74, 6) is -0.184. The number of hydrogen-bond acceptors (Lipinski definition) is 2. The van der Waals surface area contributed by atoms with E-state index >= 15 is 0 Å². The molecule has 0 saturated carbocycles. The number of fused-ring (bicyclic) bond motifs is 1. The van der Waals surface area contributed by atoms with Gasteiger partial charge in [0.05, 0.1) is 21.7 Å². The summed E-state index contributed by atoms with van der Waals surface area (Å²) in [6.45, 7) is 0.612. The Labute approximate surface area is 133 Å². The van der Waals surface area contributed by atoms with Crippen LogP contribution in [-0.2, 0) is 11.2 Å². The molecule has 1 heterocycles. The number of anilines is 2. The Hall–Kier alpha value is -1.71. The Bertz CT molecular complexity index is 688. The van der Waals surface area contributed by atoms with Crippen molar-refractivity contribution in [2.24, 2.45) is 5.92 Å². The number of amides is 1. The molecule has 1 aliphatic rings. The molecule has 2 aromatic rings. The Balaban J connectivity index is 1.74. The van der Waals surface area contributed by atoms with Crippen molar-refractivity contribution in [2.45, 2.75) is 6.42 Å². The second-order valence-corrected chi connectivity index (χ2v) is 5.81. The summed E-state index contributed by atoms with van der Waals surface area (Å²) in [5, 5.41) is 6.95. The van der Waals surface area contributed by atoms with E-state index < -0.39 is 0 Å². The molecule has 0 aromatic heterocycles. The first-order valence-corrected chi connectivity index (χ1v) is 7.47. The SMILES string of the molecule is O=C(Nc1cccc(Cl)c1Cl)C1CNc2ccccc2C1. The lowest BCUT2D eigenvalue weighted by Gasteiger charge is -2.25. The maximum atomic E-state index is 12.4. The van der Waals surface area contributed by atoms with Gasteiger partial charge in [-0.15, -0.1) is 0 Å². The third-order valence-electron chi connectivity index (χ3n) is 3.60. The van der Waals surface area contributed by atoms with Gasteiger partial charge in [0.25, 0.3) is 0 Å². The van der Waals surface area contributed by atoms with E-state index in [0.717, 1.165) is 11.3 Å². The highest BCUT2D eigenvalue weighted by molar-refractivity contribution is 6.44. The van der Waals surface area contributed by atoms with Crippen LogP contribution in [0.4, 0.5) is 11.4 Å². The van der Waals surface area contributed by atoms with E-state index in [1.54, 1.807) is 18.2 Å². The zero-order chi connectivity index (χ0) is 14.8. The first-order chi connectivity index (χ1) is 10.1. The molecule has 0 aliphatic carbocycles. The molecule has 108 valence electrons. The summed E-state index contributed by atoms with van der Waals surface area (Å²) in [5.41, 5.74) is 2.80. The first-order valence-electron chi connectivity index (χ1n) is 6.72. The molecule has 0 bridgehead atoms. The van der Waals surface area contributed by atoms with Crippen molar-refractivity contribution in [1.82, 2.24) is 0 Å². The van der Waals surface area contributed by atoms with Crippen LogP contribution in [0, 0.1) is 5.92 Å². The Morgan fingerprint density at radius 3 is 2.81 bits per heavy atom. The smallest absolute Gasteiger partial charge is 0.229 e. The lowest BCUT2D eigenvalue weighted by atomic mass is 9.93. The fourth-order valence-corrected chi connectivity index (χ4v) is 2.81. The van der Waals surface area contributed by atoms with Crippen molar-refractivity contribution in [2.75, 3.05) is 17.2 Å². The van der Waals surface area contributed by atoms with Crippen molar-refractivity contribution in [3.63, 3.8) is 0 Å². The summed E-state index contributed by atoms with van der Waals surface area (Å²) in [6, 6.07) is 13.2. The first kappa shape index (κ1) is 14.2. The van der Waals surface area contributed by atoms with Gasteiger partial charge in [0, 0.05) is 12.2 Å². The van der Waals surface area contributed by atoms with E-state index in [0.29, 0.717) is 28.7 Å². The number of halogens is 2. The molecule has 5 heteroatoms. The normalized spacial score (nSPS) is 16.8. The summed E-state index contributed by atoms with van der Waals surface area (Å²) >= 11 is 12.0. The quantitative estimate of drug-likeness (QED) is 0.870. The van der Waals surface area contributed by atoms with Gasteiger partial charge in [-0.3, -0.25) is 4.79 Å². The van der Waals surface area contributed by atoms with E-state index in [2.05, 4.69) is 10.6 Å². The summed E-state index contributed by atoms with van der Waals surface area (Å²) < 4.78 is 0. The van der Waals surface area contributed by atoms with Crippen molar-refractivity contribution >= 4 is 40.5 Å². The number of benzene rings is 2. The molecule has 2 N–H and O–H groups in total. The maximum Gasteiger partial charge on any atom is 0.229 e. The third kappa shape index (κ3) is 2.99. The zero-order valence-corrected chi connectivity index (χ0v) is 12.7. The molecule has 0 saturated heterocycles. The highest BCUT2D eigenvalue weighted by atomic mass is 35.5. The van der Waals surface area contributed by atoms with Crippen LogP contribution in [0.5, 0.6) is 0 Å². The molecule has 2 aromatic carbocycles. The van der Waals surface area contributed by atoms with Crippen molar-refractivity contribution in [3.05, 3.63) is 58.1 Å². The van der Waals surface area contributed by atoms with Gasteiger partial charge in [-0.05, 0) is 30.2 Å². The molecule has 0 fully saturated rings. The van der Waals surface area contributed by atoms with Gasteiger partial charge in [0.2, 0.25) is 5.91 Å². The van der Waals surface area contributed by atoms with Crippen LogP contribution in [0.3, 0.4) is 0 Å². The van der Waals surface area contributed by atoms with Crippen LogP contribution in [-0.4, -0.2) is 12.5 Å². The van der Waals surface area contributed by atoms with E-state index in [4.69, 9.17) is 23.2 Å². The van der Waals surface area contributed by atoms with Crippen LogP contribution < -0.4 is 10.6 Å². The van der Waals surface area contributed by atoms with Gasteiger partial charge in [-0.25, -0.2) is 0 Å². The standard InChI is InChI=1S/C16H14Cl2N2O/c17-12-5-3-7-14(15(12)18)20-16(21)11-8-10-4-1-2-6-13(10)19-9-11/h1-7,11,19H,8-9H2,(H,20,21). The molecule has 1 atom stereocenters. The number of carbonyl (C=O) groups excluding carboxylic acids is 1. The molecular weight excluding hydrogens is 307 g/mol. The number of nitrogens with one attached hydrogen (secondary N) is 2. The van der Waals surface area contributed by atoms with Gasteiger partial charge in [0.15, 0.2) is 0 Å². The second-order valence-electron chi connectivity index (χ2n) is 5.03. The Kier molecular flexibility index (Phi) is 4.04. The molecule has 1 aliphatic heterocycles. The van der Waals surface area contributed by atoms with Crippen LogP contribution in [0.15, 0.2) is 42.5 Å². The minimum absolute atomic E-state index is 0.0545. The average Bonchev–Trinajstić information content (AvgIpc) is 2.51. The Morgan fingerprint density at radius 2 is 1.95 bits per heavy atom. The van der Waals surface area contributed by atoms with Crippen molar-refractivity contribution in [1.29, 1.82) is 0 Å². The molecule has 0 spiro atoms. The van der Waals surface area contributed by atoms with Gasteiger partial charge in [-0.2, -0.15) is 0 Å². The minimum Gasteiger partial charge on any atom is -0.384 e. The molecule has 3 nitrogen and oxygen atoms in total. The molecule has 21 heavy (non-hydrogen) atoms. The third-order valence-corrected chi connectivity index (χ3v) is 4.42. The van der Waals surface area contributed by atoms with E-state index in [1.807, 2.05) is 24.3 Å². The average molecular weight is 321 g/mol. The Morgan fingerprint density at radius 1 is 1.14 bits per heavy atom. The van der Waals surface area contributed by atoms with E-state index in [9.17, 15) is 4.79 Å². The van der Waals surface area contributed by atoms with Crippen LogP contribution in [0.25, 0.3) is 0 Å². The predicted molar refractivity (Wildman–Crippen MR) is 87.2 cm³/mol. The zero-order valence-electron chi connectivity index (χ0n) is 11.2. The summed E-state index contributed by atoms with van der Waals surface area (Å²) in [4.78, 5) is 12.4. The highest BCUT2D eigenvalue weighted by Gasteiger charge is 2.24. The van der Waals surface area contributed by atoms with Gasteiger partial charge in [-0.1, -0.05) is 47.5 Å². The van der Waals surface area contributed by atoms with Gasteiger partial charge in [0.1, 0.15) is 0 Å². The topological polar surface area (TPSA) is 41.1 Å². The molecule has 3 rings (SSSR count). The maximum absolute atomic E-state index is 12.4. The number of para-hydroxylation sites is 1. The number of carbonyl (C=O) groups is 1. The van der Waals surface area contributed by atoms with E-state index in [1.165, 1.54) is 0 Å². The van der Waals surface area contributed by atoms with Crippen LogP contribution in [0.2, 0.25) is 10.0 Å². The fraction of sp³-hybridized carbons (Fsp3) is 0.188. The van der Waals surface area contributed by atoms with Crippen molar-refractivity contribution in [3.8, 4) is 0 Å².